The Morgan fingerprint density at radius 1 is 1.80 bits per heavy atom. The molecule has 1 rings (SSSR count). The molecule has 0 aliphatic carbocycles. The first-order valence-electron chi connectivity index (χ1n) is 1.18. The molecular weight excluding hydrogens is 66.0 g/mol. The molecule has 0 N–H and O–H groups in total. The van der Waals surface area contributed by atoms with Gasteiger partial charge in [-0.25, -0.2) is 0 Å². The van der Waals surface area contributed by atoms with Gasteiger partial charge < -0.3 is 4.52 Å². The fraction of sp³-hybridized carbons (Fsp3) is 0. The van der Waals surface area contributed by atoms with Crippen molar-refractivity contribution in [3.8, 4) is 0 Å². The van der Waals surface area contributed by atoms with Crippen LogP contribution in [0.3, 0.4) is 0 Å². The Kier molecular flexibility index (Phi) is 0.350. The molecule has 0 unspecified atom stereocenters. The maximum absolute atomic E-state index is 4.15. The van der Waals surface area contributed by atoms with Crippen LogP contribution < -0.4 is 0 Å². The van der Waals surface area contributed by atoms with Gasteiger partial charge in [0.05, 0.1) is 0 Å². The van der Waals surface area contributed by atoms with Gasteiger partial charge in [0.1, 0.15) is 6.20 Å². The van der Waals surface area contributed by atoms with Crippen molar-refractivity contribution in [1.82, 2.24) is 5.16 Å². The summed E-state index contributed by atoms with van der Waals surface area (Å²) in [6, 6.07) is 2.46. The summed E-state index contributed by atoms with van der Waals surface area (Å²) < 4.78 is 4.15. The second-order valence-electron chi connectivity index (χ2n) is 0.572. The summed E-state index contributed by atoms with van der Waals surface area (Å²) in [6.45, 7) is 0. The van der Waals surface area contributed by atoms with Gasteiger partial charge in [-0.05, 0) is 6.07 Å². The Balaban J connectivity index is 3.13. The van der Waals surface area contributed by atoms with E-state index in [1.54, 1.807) is 0 Å². The zero-order chi connectivity index (χ0) is 3.54. The molecule has 1 aromatic heterocycles. The molecule has 0 amide bonds. The van der Waals surface area contributed by atoms with Crippen molar-refractivity contribution in [3.63, 3.8) is 0 Å². The molecule has 0 aliphatic rings. The standard InChI is InChI=1S/C3HNO/c1-2-4-5-3-1/h2H. The van der Waals surface area contributed by atoms with Crippen LogP contribution in [0.15, 0.2) is 10.7 Å². The minimum absolute atomic E-state index is 1.40. The largest absolute Gasteiger partial charge is 0.302 e. The van der Waals surface area contributed by atoms with Gasteiger partial charge in [-0.1, -0.05) is 5.16 Å². The summed E-state index contributed by atoms with van der Waals surface area (Å²) in [5, 5.41) is 3.24. The third-order valence-corrected chi connectivity index (χ3v) is 0.275. The van der Waals surface area contributed by atoms with E-state index in [2.05, 4.69) is 22.0 Å². The van der Waals surface area contributed by atoms with E-state index in [1.807, 2.05) is 0 Å². The second-order valence-corrected chi connectivity index (χ2v) is 0.572. The minimum Gasteiger partial charge on any atom is -0.302 e. The summed E-state index contributed by atoms with van der Waals surface area (Å²) in [4.78, 5) is 0. The first-order chi connectivity index (χ1) is 2.50. The maximum atomic E-state index is 4.15. The number of aromatic nitrogens is 1. The molecule has 0 bridgehead atoms. The quantitative estimate of drug-likeness (QED) is 0.435. The highest BCUT2D eigenvalue weighted by molar-refractivity contribution is 4.48. The monoisotopic (exact) mass is 67.0 g/mol. The molecule has 2 heteroatoms. The van der Waals surface area contributed by atoms with Crippen molar-refractivity contribution in [2.75, 3.05) is 0 Å². The zero-order valence-corrected chi connectivity index (χ0v) is 2.43. The van der Waals surface area contributed by atoms with E-state index in [0.717, 1.165) is 0 Å². The van der Waals surface area contributed by atoms with E-state index in [4.69, 9.17) is 0 Å². The van der Waals surface area contributed by atoms with Crippen LogP contribution in [0.25, 0.3) is 0 Å². The van der Waals surface area contributed by atoms with Gasteiger partial charge in [-0.3, -0.25) is 0 Å². The normalized spacial score (nSPS) is 6.40. The van der Waals surface area contributed by atoms with Crippen molar-refractivity contribution in [3.05, 3.63) is 18.5 Å². The molecule has 5 heavy (non-hydrogen) atoms. The van der Waals surface area contributed by atoms with Gasteiger partial charge in [0.2, 0.25) is 0 Å². The third kappa shape index (κ3) is 0.198. The number of hydrogen-bond acceptors (Lipinski definition) is 2. The Hall–Kier alpha value is -0.970. The van der Waals surface area contributed by atoms with E-state index in [1.165, 1.54) is 6.20 Å². The molecule has 1 aromatic rings. The lowest BCUT2D eigenvalue weighted by atomic mass is 10.9. The Labute approximate surface area is 29.4 Å². The van der Waals surface area contributed by atoms with E-state index in [0.29, 0.717) is 0 Å². The van der Waals surface area contributed by atoms with Gasteiger partial charge in [-0.15, -0.1) is 0 Å². The van der Waals surface area contributed by atoms with Crippen LogP contribution in [0.1, 0.15) is 0 Å². The molecule has 2 nitrogen and oxygen atoms in total. The maximum Gasteiger partial charge on any atom is 0.155 e. The summed E-state index contributed by atoms with van der Waals surface area (Å²) in [7, 11) is 0. The Morgan fingerprint density at radius 3 is 3.00 bits per heavy atom. The van der Waals surface area contributed by atoms with E-state index >= 15 is 0 Å². The number of hydrogen-bond donors (Lipinski definition) is 0. The van der Waals surface area contributed by atoms with Crippen LogP contribution in [-0.4, -0.2) is 5.16 Å². The summed E-state index contributed by atoms with van der Waals surface area (Å²) in [6.07, 6.45) is 3.65. The second kappa shape index (κ2) is 0.769. The van der Waals surface area contributed by atoms with Crippen LogP contribution in [0.5, 0.6) is 0 Å². The van der Waals surface area contributed by atoms with Crippen LogP contribution >= 0.6 is 0 Å². The summed E-state index contributed by atoms with van der Waals surface area (Å²) in [5.74, 6) is 0. The average Bonchev–Trinajstić information content (AvgIpc) is 1.76. The van der Waals surface area contributed by atoms with Crippen molar-refractivity contribution >= 4 is 0 Å². The molecule has 0 radical (unpaired) electrons. The van der Waals surface area contributed by atoms with Gasteiger partial charge in [0.15, 0.2) is 6.26 Å². The van der Waals surface area contributed by atoms with E-state index in [-0.39, 0.29) is 0 Å². The molecule has 0 saturated carbocycles. The van der Waals surface area contributed by atoms with Gasteiger partial charge >= 0.3 is 0 Å². The molecule has 24 valence electrons. The van der Waals surface area contributed by atoms with E-state index in [9.17, 15) is 0 Å². The van der Waals surface area contributed by atoms with Gasteiger partial charge in [-0.2, -0.15) is 0 Å². The fourth-order valence-electron chi connectivity index (χ4n) is 0.132. The third-order valence-electron chi connectivity index (χ3n) is 0.275. The Morgan fingerprint density at radius 2 is 2.80 bits per heavy atom. The average molecular weight is 67.0 g/mol. The summed E-state index contributed by atoms with van der Waals surface area (Å²) >= 11 is 0. The highest BCUT2D eigenvalue weighted by Crippen LogP contribution is 1.58. The van der Waals surface area contributed by atoms with Crippen molar-refractivity contribution in [2.45, 2.75) is 0 Å². The van der Waals surface area contributed by atoms with Crippen molar-refractivity contribution < 1.29 is 4.52 Å². The number of rotatable bonds is 0. The summed E-state index contributed by atoms with van der Waals surface area (Å²) in [5.41, 5.74) is 0. The molecule has 0 saturated heterocycles. The Bertz CT molecular complexity index is 63.4. The molecule has 1 heterocycles. The van der Waals surface area contributed by atoms with Crippen LogP contribution in [-0.2, 0) is 0 Å². The van der Waals surface area contributed by atoms with Crippen LogP contribution in [0.2, 0.25) is 0 Å². The lowest BCUT2D eigenvalue weighted by Crippen LogP contribution is -1.40. The first kappa shape index (κ1) is 2.28. The predicted molar refractivity (Wildman–Crippen MR) is 14.2 cm³/mol. The number of nitrogens with zero attached hydrogens (tertiary/aromatic N) is 1. The molecule has 0 atom stereocenters. The lowest BCUT2D eigenvalue weighted by molar-refractivity contribution is 0.416. The lowest BCUT2D eigenvalue weighted by Gasteiger charge is -1.44. The fourth-order valence-corrected chi connectivity index (χ4v) is 0.132. The molecule has 0 aromatic carbocycles. The molecule has 0 spiro atoms. The molecular formula is C3HNO. The zero-order valence-electron chi connectivity index (χ0n) is 2.43. The molecule has 0 fully saturated rings. The minimum atomic E-state index is 1.40. The van der Waals surface area contributed by atoms with Crippen LogP contribution in [0.4, 0.5) is 0 Å². The van der Waals surface area contributed by atoms with Gasteiger partial charge in [0.25, 0.3) is 0 Å². The molecule has 0 aliphatic heterocycles. The van der Waals surface area contributed by atoms with Gasteiger partial charge in [0, 0.05) is 0 Å². The smallest absolute Gasteiger partial charge is 0.155 e. The first-order valence-corrected chi connectivity index (χ1v) is 1.18. The van der Waals surface area contributed by atoms with Crippen molar-refractivity contribution in [2.24, 2.45) is 0 Å². The predicted octanol–water partition coefficient (Wildman–Crippen LogP) is 0.275. The highest BCUT2D eigenvalue weighted by Gasteiger charge is 1.53. The topological polar surface area (TPSA) is 26.0 Å². The SMILES string of the molecule is c1cnoc#1. The van der Waals surface area contributed by atoms with E-state index < -0.39 is 0 Å². The van der Waals surface area contributed by atoms with Crippen molar-refractivity contribution in [1.29, 1.82) is 0 Å². The van der Waals surface area contributed by atoms with Crippen LogP contribution in [0, 0.1) is 12.3 Å². The highest BCUT2D eigenvalue weighted by atomic mass is 16.4.